The maximum Gasteiger partial charge on any atom is 0.566 e. The molecule has 2 atom stereocenters. The predicted molar refractivity (Wildman–Crippen MR) is 56.0 cm³/mol. The van der Waals surface area contributed by atoms with Crippen molar-refractivity contribution in [1.29, 1.82) is 0 Å². The van der Waals surface area contributed by atoms with E-state index in [1.807, 2.05) is 0 Å². The van der Waals surface area contributed by atoms with E-state index in [4.69, 9.17) is 9.26 Å². The van der Waals surface area contributed by atoms with Gasteiger partial charge in [-0.3, -0.25) is 4.79 Å². The Morgan fingerprint density at radius 1 is 1.25 bits per heavy atom. The highest BCUT2D eigenvalue weighted by atomic mass is 31.1. The summed E-state index contributed by atoms with van der Waals surface area (Å²) in [7, 11) is -2.41. The summed E-state index contributed by atoms with van der Waals surface area (Å²) in [5, 5.41) is 0. The zero-order chi connectivity index (χ0) is 12.7. The molecular formula is C9H16O6P+. The maximum absolute atomic E-state index is 11.4. The van der Waals surface area contributed by atoms with Gasteiger partial charge < -0.3 is 9.47 Å². The molecule has 0 saturated carbocycles. The molecule has 0 aliphatic heterocycles. The summed E-state index contributed by atoms with van der Waals surface area (Å²) in [6, 6.07) is 0. The molecule has 16 heavy (non-hydrogen) atoms. The van der Waals surface area contributed by atoms with Crippen molar-refractivity contribution in [3.8, 4) is 0 Å². The molecule has 0 aromatic rings. The topological polar surface area (TPSA) is 78.9 Å². The Bertz CT molecular complexity index is 275. The van der Waals surface area contributed by atoms with E-state index < -0.39 is 25.8 Å². The lowest BCUT2D eigenvalue weighted by atomic mass is 10.5. The van der Waals surface area contributed by atoms with E-state index in [-0.39, 0.29) is 12.7 Å². The summed E-state index contributed by atoms with van der Waals surface area (Å²) in [6.45, 7) is 6.16. The number of ether oxygens (including phenoxy) is 2. The minimum atomic E-state index is -2.41. The van der Waals surface area contributed by atoms with E-state index in [2.05, 4.69) is 4.74 Å². The summed E-state index contributed by atoms with van der Waals surface area (Å²) in [5.74, 6) is -3.07. The molecule has 0 bridgehead atoms. The molecule has 0 radical (unpaired) electrons. The van der Waals surface area contributed by atoms with Crippen LogP contribution < -0.4 is 0 Å². The third-order valence-electron chi connectivity index (χ3n) is 1.28. The smallest absolute Gasteiger partial charge is 0.457 e. The fraction of sp³-hybridized carbons (Fsp3) is 0.778. The van der Waals surface area contributed by atoms with E-state index in [0.717, 1.165) is 6.92 Å². The highest BCUT2D eigenvalue weighted by molar-refractivity contribution is 7.41. The summed E-state index contributed by atoms with van der Waals surface area (Å²) in [6.07, 6.45) is -0.379. The van der Waals surface area contributed by atoms with Crippen molar-refractivity contribution < 1.29 is 28.2 Å². The first kappa shape index (κ1) is 15.0. The van der Waals surface area contributed by atoms with E-state index in [9.17, 15) is 14.2 Å². The first-order valence-corrected chi connectivity index (χ1v) is 6.10. The Balaban J connectivity index is 4.58. The molecule has 92 valence electrons. The molecule has 0 aliphatic carbocycles. The van der Waals surface area contributed by atoms with Crippen molar-refractivity contribution >= 4 is 20.0 Å². The highest BCUT2D eigenvalue weighted by Gasteiger charge is 2.44. The fourth-order valence-electron chi connectivity index (χ4n) is 0.820. The minimum absolute atomic E-state index is 0.155. The summed E-state index contributed by atoms with van der Waals surface area (Å²) in [5.41, 5.74) is 0. The zero-order valence-corrected chi connectivity index (χ0v) is 10.7. The van der Waals surface area contributed by atoms with Gasteiger partial charge in [-0.1, -0.05) is 0 Å². The van der Waals surface area contributed by atoms with Gasteiger partial charge in [-0.25, -0.2) is 4.79 Å². The number of hydrogen-bond acceptors (Lipinski definition) is 6. The summed E-state index contributed by atoms with van der Waals surface area (Å²) < 4.78 is 25.6. The number of rotatable bonds is 6. The number of carbonyl (C=O) groups excluding carboxylic acids is 2. The second-order valence-electron chi connectivity index (χ2n) is 3.15. The minimum Gasteiger partial charge on any atom is -0.457 e. The average Bonchev–Trinajstić information content (AvgIpc) is 2.12. The van der Waals surface area contributed by atoms with Crippen molar-refractivity contribution in [3.63, 3.8) is 0 Å². The van der Waals surface area contributed by atoms with Gasteiger partial charge >= 0.3 is 25.8 Å². The molecule has 2 unspecified atom stereocenters. The number of carbonyl (C=O) groups is 2. The summed E-state index contributed by atoms with van der Waals surface area (Å²) >= 11 is 0. The Morgan fingerprint density at radius 2 is 1.81 bits per heavy atom. The van der Waals surface area contributed by atoms with Gasteiger partial charge in [0.1, 0.15) is 0 Å². The number of hydrogen-bond donors (Lipinski definition) is 0. The van der Waals surface area contributed by atoms with Crippen LogP contribution in [0, 0.1) is 0 Å². The van der Waals surface area contributed by atoms with Gasteiger partial charge in [0.05, 0.1) is 12.7 Å². The van der Waals surface area contributed by atoms with E-state index in [1.165, 1.54) is 0 Å². The average molecular weight is 251 g/mol. The van der Waals surface area contributed by atoms with Crippen molar-refractivity contribution in [1.82, 2.24) is 0 Å². The van der Waals surface area contributed by atoms with Crippen LogP contribution in [0.5, 0.6) is 0 Å². The molecule has 0 saturated heterocycles. The van der Waals surface area contributed by atoms with Crippen LogP contribution in [-0.2, 0) is 28.2 Å². The second kappa shape index (κ2) is 7.30. The van der Waals surface area contributed by atoms with Crippen molar-refractivity contribution in [2.45, 2.75) is 39.6 Å². The van der Waals surface area contributed by atoms with Crippen LogP contribution in [0.2, 0.25) is 0 Å². The van der Waals surface area contributed by atoms with Gasteiger partial charge in [-0.15, -0.1) is 4.52 Å². The SMILES string of the molecule is CCO[P+](=O)C(OC(C)=O)C(=O)OC(C)C. The summed E-state index contributed by atoms with van der Waals surface area (Å²) in [4.78, 5) is 22.2. The van der Waals surface area contributed by atoms with Gasteiger partial charge in [-0.05, 0) is 25.3 Å². The van der Waals surface area contributed by atoms with Gasteiger partial charge in [0, 0.05) is 6.92 Å². The van der Waals surface area contributed by atoms with Crippen LogP contribution in [0.4, 0.5) is 0 Å². The molecule has 0 amide bonds. The Labute approximate surface area is 95.1 Å². The standard InChI is InChI=1S/C9H16O6P/c1-5-13-16(12)9(15-7(4)10)8(11)14-6(2)3/h6,9H,5H2,1-4H3/q+1. The van der Waals surface area contributed by atoms with E-state index in [0.29, 0.717) is 0 Å². The Morgan fingerprint density at radius 3 is 2.19 bits per heavy atom. The monoisotopic (exact) mass is 251 g/mol. The molecule has 0 fully saturated rings. The highest BCUT2D eigenvalue weighted by Crippen LogP contribution is 2.31. The molecule has 6 nitrogen and oxygen atoms in total. The second-order valence-corrected chi connectivity index (χ2v) is 4.45. The van der Waals surface area contributed by atoms with Gasteiger partial charge in [0.25, 0.3) is 0 Å². The Kier molecular flexibility index (Phi) is 6.85. The first-order chi connectivity index (χ1) is 7.38. The van der Waals surface area contributed by atoms with Crippen LogP contribution in [0.1, 0.15) is 27.7 Å². The number of esters is 2. The molecule has 0 aromatic heterocycles. The van der Waals surface area contributed by atoms with Crippen LogP contribution in [0.3, 0.4) is 0 Å². The molecule has 0 heterocycles. The largest absolute Gasteiger partial charge is 0.566 e. The molecule has 0 rings (SSSR count). The molecule has 7 heteroatoms. The third-order valence-corrected chi connectivity index (χ3v) is 2.49. The molecular weight excluding hydrogens is 235 g/mol. The maximum atomic E-state index is 11.4. The lowest BCUT2D eigenvalue weighted by Crippen LogP contribution is -2.28. The normalized spacial score (nSPS) is 13.2. The van der Waals surface area contributed by atoms with Gasteiger partial charge in [0.15, 0.2) is 0 Å². The quantitative estimate of drug-likeness (QED) is 0.527. The van der Waals surface area contributed by atoms with Crippen LogP contribution in [0.25, 0.3) is 0 Å². The lowest BCUT2D eigenvalue weighted by molar-refractivity contribution is -0.163. The van der Waals surface area contributed by atoms with Crippen molar-refractivity contribution in [3.05, 3.63) is 0 Å². The lowest BCUT2D eigenvalue weighted by Gasteiger charge is -2.09. The van der Waals surface area contributed by atoms with Crippen LogP contribution >= 0.6 is 8.03 Å². The Hall–Kier alpha value is -1.00. The third kappa shape index (κ3) is 5.78. The van der Waals surface area contributed by atoms with Crippen LogP contribution in [0.15, 0.2) is 0 Å². The van der Waals surface area contributed by atoms with Gasteiger partial charge in [0.2, 0.25) is 0 Å². The van der Waals surface area contributed by atoms with Crippen LogP contribution in [-0.4, -0.2) is 30.5 Å². The molecule has 0 aliphatic rings. The first-order valence-electron chi connectivity index (χ1n) is 4.85. The predicted octanol–water partition coefficient (Wildman–Crippen LogP) is 1.61. The molecule has 0 aromatic carbocycles. The molecule has 0 spiro atoms. The van der Waals surface area contributed by atoms with E-state index in [1.54, 1.807) is 20.8 Å². The fourth-order valence-corrected chi connectivity index (χ4v) is 1.68. The molecule has 0 N–H and O–H groups in total. The van der Waals surface area contributed by atoms with Crippen molar-refractivity contribution in [2.75, 3.05) is 6.61 Å². The van der Waals surface area contributed by atoms with Crippen molar-refractivity contribution in [2.24, 2.45) is 0 Å². The van der Waals surface area contributed by atoms with Gasteiger partial charge in [-0.2, -0.15) is 0 Å². The zero-order valence-electron chi connectivity index (χ0n) is 9.76. The van der Waals surface area contributed by atoms with E-state index >= 15 is 0 Å².